The third kappa shape index (κ3) is 2.30. The van der Waals surface area contributed by atoms with E-state index in [1.54, 1.807) is 6.92 Å². The van der Waals surface area contributed by atoms with E-state index in [0.29, 0.717) is 6.54 Å². The van der Waals surface area contributed by atoms with Crippen LogP contribution in [0.1, 0.15) is 24.6 Å². The molecule has 0 aromatic carbocycles. The number of amides is 1. The minimum atomic E-state index is 0.146. The van der Waals surface area contributed by atoms with Gasteiger partial charge in [-0.2, -0.15) is 0 Å². The maximum absolute atomic E-state index is 11.2. The third-order valence-corrected chi connectivity index (χ3v) is 2.89. The van der Waals surface area contributed by atoms with E-state index in [1.807, 2.05) is 24.1 Å². The first kappa shape index (κ1) is 10.9. The molecule has 3 heteroatoms. The molecular formula is C13H16N2O. The topological polar surface area (TPSA) is 33.2 Å². The van der Waals surface area contributed by atoms with Gasteiger partial charge < -0.3 is 4.90 Å². The Labute approximate surface area is 95.8 Å². The van der Waals surface area contributed by atoms with Gasteiger partial charge in [-0.25, -0.2) is 0 Å². The van der Waals surface area contributed by atoms with Crippen LogP contribution in [0.25, 0.3) is 5.57 Å². The molecule has 0 N–H and O–H groups in total. The van der Waals surface area contributed by atoms with Gasteiger partial charge in [0.1, 0.15) is 0 Å². The molecule has 0 aliphatic carbocycles. The summed E-state index contributed by atoms with van der Waals surface area (Å²) in [6.07, 6.45) is 4.88. The number of carbonyl (C=O) groups excluding carboxylic acids is 1. The van der Waals surface area contributed by atoms with Crippen molar-refractivity contribution in [1.29, 1.82) is 0 Å². The Morgan fingerprint density at radius 1 is 1.44 bits per heavy atom. The lowest BCUT2D eigenvalue weighted by Crippen LogP contribution is -2.32. The highest BCUT2D eigenvalue weighted by molar-refractivity contribution is 5.75. The Balaban J connectivity index is 2.13. The van der Waals surface area contributed by atoms with E-state index in [2.05, 4.69) is 17.1 Å². The molecule has 0 bridgehead atoms. The van der Waals surface area contributed by atoms with Crippen LogP contribution in [0.4, 0.5) is 0 Å². The number of pyridine rings is 1. The highest BCUT2D eigenvalue weighted by atomic mass is 16.2. The first-order chi connectivity index (χ1) is 7.66. The molecule has 16 heavy (non-hydrogen) atoms. The van der Waals surface area contributed by atoms with Crippen LogP contribution in [-0.4, -0.2) is 28.9 Å². The molecule has 3 nitrogen and oxygen atoms in total. The molecule has 1 aromatic rings. The Bertz CT molecular complexity index is 420. The molecule has 1 aliphatic heterocycles. The van der Waals surface area contributed by atoms with Gasteiger partial charge in [0.25, 0.3) is 0 Å². The molecule has 0 fully saturated rings. The number of aromatic nitrogens is 1. The summed E-state index contributed by atoms with van der Waals surface area (Å²) < 4.78 is 0. The van der Waals surface area contributed by atoms with Gasteiger partial charge in [-0.1, -0.05) is 12.1 Å². The molecule has 0 unspecified atom stereocenters. The van der Waals surface area contributed by atoms with E-state index in [0.717, 1.165) is 18.7 Å². The van der Waals surface area contributed by atoms with E-state index in [4.69, 9.17) is 0 Å². The minimum absolute atomic E-state index is 0.146. The van der Waals surface area contributed by atoms with Crippen LogP contribution in [0.15, 0.2) is 24.4 Å². The summed E-state index contributed by atoms with van der Waals surface area (Å²) in [6, 6.07) is 4.12. The fourth-order valence-corrected chi connectivity index (χ4v) is 1.85. The van der Waals surface area contributed by atoms with Crippen LogP contribution in [0.2, 0.25) is 0 Å². The van der Waals surface area contributed by atoms with Crippen molar-refractivity contribution in [2.75, 3.05) is 13.1 Å². The summed E-state index contributed by atoms with van der Waals surface area (Å²) in [6.45, 7) is 5.16. The maximum atomic E-state index is 11.2. The lowest BCUT2D eigenvalue weighted by Gasteiger charge is -2.25. The molecule has 0 spiro atoms. The van der Waals surface area contributed by atoms with Crippen molar-refractivity contribution in [1.82, 2.24) is 9.88 Å². The van der Waals surface area contributed by atoms with Crippen molar-refractivity contribution in [2.45, 2.75) is 20.3 Å². The molecule has 0 saturated carbocycles. The second kappa shape index (κ2) is 4.47. The van der Waals surface area contributed by atoms with Crippen molar-refractivity contribution < 1.29 is 4.79 Å². The van der Waals surface area contributed by atoms with Crippen molar-refractivity contribution in [3.8, 4) is 0 Å². The zero-order chi connectivity index (χ0) is 11.5. The van der Waals surface area contributed by atoms with Crippen molar-refractivity contribution >= 4 is 11.5 Å². The van der Waals surface area contributed by atoms with Crippen LogP contribution >= 0.6 is 0 Å². The summed E-state index contributed by atoms with van der Waals surface area (Å²) >= 11 is 0. The number of aryl methyl sites for hydroxylation is 1. The predicted octanol–water partition coefficient (Wildman–Crippen LogP) is 2.03. The van der Waals surface area contributed by atoms with Crippen molar-refractivity contribution in [3.05, 3.63) is 35.7 Å². The van der Waals surface area contributed by atoms with Gasteiger partial charge in [0.05, 0.1) is 5.69 Å². The van der Waals surface area contributed by atoms with Gasteiger partial charge in [0, 0.05) is 26.2 Å². The molecule has 2 heterocycles. The lowest BCUT2D eigenvalue weighted by molar-refractivity contribution is -0.128. The average Bonchev–Trinajstić information content (AvgIpc) is 2.30. The monoisotopic (exact) mass is 216 g/mol. The van der Waals surface area contributed by atoms with E-state index in [1.165, 1.54) is 11.1 Å². The Hall–Kier alpha value is -1.64. The van der Waals surface area contributed by atoms with Crippen LogP contribution in [-0.2, 0) is 4.79 Å². The quantitative estimate of drug-likeness (QED) is 0.719. The molecule has 0 atom stereocenters. The Morgan fingerprint density at radius 3 is 2.75 bits per heavy atom. The van der Waals surface area contributed by atoms with E-state index in [-0.39, 0.29) is 5.91 Å². The number of rotatable bonds is 1. The fraction of sp³-hybridized carbons (Fsp3) is 0.385. The van der Waals surface area contributed by atoms with E-state index >= 15 is 0 Å². The first-order valence-electron chi connectivity index (χ1n) is 5.54. The van der Waals surface area contributed by atoms with Crippen LogP contribution < -0.4 is 0 Å². The van der Waals surface area contributed by atoms with Gasteiger partial charge in [0.15, 0.2) is 0 Å². The second-order valence-corrected chi connectivity index (χ2v) is 4.17. The minimum Gasteiger partial charge on any atom is -0.339 e. The molecule has 2 rings (SSSR count). The maximum Gasteiger partial charge on any atom is 0.219 e. The van der Waals surface area contributed by atoms with E-state index < -0.39 is 0 Å². The van der Waals surface area contributed by atoms with Crippen LogP contribution in [0.3, 0.4) is 0 Å². The SMILES string of the molecule is CC(=O)N1CC=C(c2ccc(C)cn2)CC1. The zero-order valence-corrected chi connectivity index (χ0v) is 9.73. The standard InChI is InChI=1S/C13H16N2O/c1-10-3-4-13(14-9-10)12-5-7-15(8-6-12)11(2)16/h3-5,9H,6-8H2,1-2H3. The summed E-state index contributed by atoms with van der Waals surface area (Å²) in [5, 5.41) is 0. The normalized spacial score (nSPS) is 15.9. The zero-order valence-electron chi connectivity index (χ0n) is 9.73. The Kier molecular flexibility index (Phi) is 3.04. The molecule has 1 aromatic heterocycles. The highest BCUT2D eigenvalue weighted by Gasteiger charge is 2.14. The molecule has 1 aliphatic rings. The number of hydrogen-bond donors (Lipinski definition) is 0. The van der Waals surface area contributed by atoms with Gasteiger partial charge >= 0.3 is 0 Å². The van der Waals surface area contributed by atoms with Crippen molar-refractivity contribution in [3.63, 3.8) is 0 Å². The summed E-state index contributed by atoms with van der Waals surface area (Å²) in [7, 11) is 0. The first-order valence-corrected chi connectivity index (χ1v) is 5.54. The number of hydrogen-bond acceptors (Lipinski definition) is 2. The molecule has 0 radical (unpaired) electrons. The molecule has 0 saturated heterocycles. The van der Waals surface area contributed by atoms with Gasteiger partial charge in [-0.15, -0.1) is 0 Å². The van der Waals surface area contributed by atoms with Crippen LogP contribution in [0.5, 0.6) is 0 Å². The summed E-state index contributed by atoms with van der Waals surface area (Å²) in [4.78, 5) is 17.4. The lowest BCUT2D eigenvalue weighted by atomic mass is 10.0. The van der Waals surface area contributed by atoms with Gasteiger partial charge in [-0.3, -0.25) is 9.78 Å². The number of carbonyl (C=O) groups is 1. The molecular weight excluding hydrogens is 200 g/mol. The molecule has 84 valence electrons. The average molecular weight is 216 g/mol. The summed E-state index contributed by atoms with van der Waals surface area (Å²) in [5.41, 5.74) is 3.46. The fourth-order valence-electron chi connectivity index (χ4n) is 1.85. The Morgan fingerprint density at radius 2 is 2.25 bits per heavy atom. The van der Waals surface area contributed by atoms with Gasteiger partial charge in [-0.05, 0) is 30.5 Å². The van der Waals surface area contributed by atoms with Gasteiger partial charge in [0.2, 0.25) is 5.91 Å². The second-order valence-electron chi connectivity index (χ2n) is 4.17. The third-order valence-electron chi connectivity index (χ3n) is 2.89. The molecule has 1 amide bonds. The largest absolute Gasteiger partial charge is 0.339 e. The number of nitrogens with zero attached hydrogens (tertiary/aromatic N) is 2. The predicted molar refractivity (Wildman–Crippen MR) is 63.8 cm³/mol. The smallest absolute Gasteiger partial charge is 0.219 e. The van der Waals surface area contributed by atoms with Crippen LogP contribution in [0, 0.1) is 6.92 Å². The highest BCUT2D eigenvalue weighted by Crippen LogP contribution is 2.20. The summed E-state index contributed by atoms with van der Waals surface area (Å²) in [5.74, 6) is 0.146. The van der Waals surface area contributed by atoms with Crippen molar-refractivity contribution in [2.24, 2.45) is 0 Å². The van der Waals surface area contributed by atoms with E-state index in [9.17, 15) is 4.79 Å².